The molecule has 0 amide bonds. The zero-order valence-electron chi connectivity index (χ0n) is 32.3. The van der Waals surface area contributed by atoms with Crippen LogP contribution in [0.5, 0.6) is 0 Å². The highest BCUT2D eigenvalue weighted by molar-refractivity contribution is 6.77. The van der Waals surface area contributed by atoms with E-state index in [4.69, 9.17) is 17.7 Å². The van der Waals surface area contributed by atoms with Crippen LogP contribution in [-0.2, 0) is 22.5 Å². The van der Waals surface area contributed by atoms with E-state index in [1.54, 1.807) is 21.3 Å². The number of unbranched alkanes of at least 4 members (excludes halogenated alkanes) is 16. The molecular weight excluding hydrogens is 611 g/mol. The molecule has 0 bridgehead atoms. The zero-order valence-corrected chi connectivity index (χ0v) is 34.3. The maximum atomic E-state index is 12.6. The van der Waals surface area contributed by atoms with Crippen LogP contribution in [0.15, 0.2) is 0 Å². The average molecular weight is 690 g/mol. The Morgan fingerprint density at radius 1 is 0.587 bits per heavy atom. The molecule has 0 saturated carbocycles. The van der Waals surface area contributed by atoms with Crippen molar-refractivity contribution in [3.63, 3.8) is 0 Å². The Kier molecular flexibility index (Phi) is 27.3. The third kappa shape index (κ3) is 18.5. The first-order valence-corrected chi connectivity index (χ1v) is 23.3. The van der Waals surface area contributed by atoms with Crippen molar-refractivity contribution in [1.29, 1.82) is 0 Å². The molecule has 46 heavy (non-hydrogen) atoms. The molecule has 0 aliphatic rings. The van der Waals surface area contributed by atoms with E-state index >= 15 is 0 Å². The zero-order chi connectivity index (χ0) is 34.8. The SMILES string of the molecule is CCCCCCCCCCCCCCCCCCCN(CCC[Si](OC)(OC)OC)CC(O[Si](C(C)C)(C(C)C)C(C)C)C(=O)O. The van der Waals surface area contributed by atoms with E-state index in [0.29, 0.717) is 29.2 Å². The molecule has 1 unspecified atom stereocenters. The van der Waals surface area contributed by atoms with Gasteiger partial charge < -0.3 is 27.7 Å². The van der Waals surface area contributed by atoms with Gasteiger partial charge in [0.2, 0.25) is 8.32 Å². The van der Waals surface area contributed by atoms with Crippen LogP contribution in [0.2, 0.25) is 22.7 Å². The molecule has 0 saturated heterocycles. The lowest BCUT2D eigenvalue weighted by Gasteiger charge is -2.44. The van der Waals surface area contributed by atoms with Gasteiger partial charge in [-0.2, -0.15) is 0 Å². The molecule has 9 heteroatoms. The average Bonchev–Trinajstić information content (AvgIpc) is 3.02. The highest BCUT2D eigenvalue weighted by atomic mass is 28.4. The smallest absolute Gasteiger partial charge is 0.479 e. The largest absolute Gasteiger partial charge is 0.500 e. The Hall–Kier alpha value is -0.296. The van der Waals surface area contributed by atoms with Gasteiger partial charge >= 0.3 is 14.8 Å². The van der Waals surface area contributed by atoms with E-state index in [1.165, 1.54) is 103 Å². The van der Waals surface area contributed by atoms with Crippen LogP contribution in [0, 0.1) is 0 Å². The number of nitrogens with zero attached hydrogens (tertiary/aromatic N) is 1. The Balaban J connectivity index is 4.81. The molecule has 0 spiro atoms. The van der Waals surface area contributed by atoms with Crippen molar-refractivity contribution in [1.82, 2.24) is 4.90 Å². The first kappa shape index (κ1) is 45.7. The molecule has 7 nitrogen and oxygen atoms in total. The van der Waals surface area contributed by atoms with Gasteiger partial charge in [0, 0.05) is 33.9 Å². The monoisotopic (exact) mass is 690 g/mol. The van der Waals surface area contributed by atoms with E-state index in [1.807, 2.05) is 0 Å². The summed E-state index contributed by atoms with van der Waals surface area (Å²) in [4.78, 5) is 14.9. The van der Waals surface area contributed by atoms with Crippen molar-refractivity contribution in [2.75, 3.05) is 41.0 Å². The maximum Gasteiger partial charge on any atom is 0.500 e. The van der Waals surface area contributed by atoms with Gasteiger partial charge in [-0.25, -0.2) is 4.79 Å². The molecule has 1 atom stereocenters. The molecule has 276 valence electrons. The summed E-state index contributed by atoms with van der Waals surface area (Å²) in [5, 5.41) is 10.3. The number of carboxylic acid groups (broad SMARTS) is 1. The van der Waals surface area contributed by atoms with Gasteiger partial charge in [0.1, 0.15) is 0 Å². The van der Waals surface area contributed by atoms with Crippen molar-refractivity contribution in [3.05, 3.63) is 0 Å². The summed E-state index contributed by atoms with van der Waals surface area (Å²) >= 11 is 0. The lowest BCUT2D eigenvalue weighted by Crippen LogP contribution is -2.54. The van der Waals surface area contributed by atoms with Crippen LogP contribution < -0.4 is 0 Å². The Morgan fingerprint density at radius 3 is 1.26 bits per heavy atom. The highest BCUT2D eigenvalue weighted by Gasteiger charge is 2.48. The number of hydrogen-bond acceptors (Lipinski definition) is 6. The maximum absolute atomic E-state index is 12.6. The van der Waals surface area contributed by atoms with E-state index in [0.717, 1.165) is 25.9 Å². The summed E-state index contributed by atoms with van der Waals surface area (Å²) in [6, 6.07) is 0.702. The van der Waals surface area contributed by atoms with Gasteiger partial charge in [0.25, 0.3) is 0 Å². The second-order valence-corrected chi connectivity index (χ2v) is 23.1. The molecule has 0 aromatic carbocycles. The predicted molar refractivity (Wildman–Crippen MR) is 200 cm³/mol. The highest BCUT2D eigenvalue weighted by Crippen LogP contribution is 2.43. The van der Waals surface area contributed by atoms with Gasteiger partial charge in [-0.1, -0.05) is 151 Å². The molecule has 0 aromatic rings. The summed E-state index contributed by atoms with van der Waals surface area (Å²) in [5.74, 6) is -0.847. The van der Waals surface area contributed by atoms with Crippen molar-refractivity contribution in [2.24, 2.45) is 0 Å². The second-order valence-electron chi connectivity index (χ2n) is 14.6. The van der Waals surface area contributed by atoms with Crippen LogP contribution in [-0.4, -0.2) is 80.2 Å². The lowest BCUT2D eigenvalue weighted by molar-refractivity contribution is -0.146. The Bertz CT molecular complexity index is 690. The third-order valence-corrected chi connectivity index (χ3v) is 19.2. The van der Waals surface area contributed by atoms with E-state index in [9.17, 15) is 9.90 Å². The minimum atomic E-state index is -2.67. The first-order chi connectivity index (χ1) is 22.0. The fourth-order valence-corrected chi connectivity index (χ4v) is 14.7. The summed E-state index contributed by atoms with van der Waals surface area (Å²) < 4.78 is 23.7. The third-order valence-electron chi connectivity index (χ3n) is 10.2. The molecule has 0 heterocycles. The number of hydrogen-bond donors (Lipinski definition) is 1. The van der Waals surface area contributed by atoms with Gasteiger partial charge in [-0.15, -0.1) is 0 Å². The molecule has 0 fully saturated rings. The molecular formula is C37H79NO6Si2. The molecule has 0 aliphatic carbocycles. The molecule has 0 rings (SSSR count). The van der Waals surface area contributed by atoms with Crippen LogP contribution >= 0.6 is 0 Å². The fourth-order valence-electron chi connectivity index (χ4n) is 7.48. The minimum absolute atomic E-state index is 0.338. The predicted octanol–water partition coefficient (Wildman–Crippen LogP) is 10.9. The lowest BCUT2D eigenvalue weighted by atomic mass is 10.0. The summed E-state index contributed by atoms with van der Waals surface area (Å²) in [7, 11) is -0.0634. The molecule has 1 N–H and O–H groups in total. The molecule has 0 aliphatic heterocycles. The van der Waals surface area contributed by atoms with Crippen LogP contribution in [0.4, 0.5) is 0 Å². The van der Waals surface area contributed by atoms with E-state index < -0.39 is 29.2 Å². The molecule has 0 radical (unpaired) electrons. The summed E-state index contributed by atoms with van der Waals surface area (Å²) in [5.41, 5.74) is 1.01. The number of carbonyl (C=O) groups is 1. The normalized spacial score (nSPS) is 13.5. The summed E-state index contributed by atoms with van der Waals surface area (Å²) in [6.07, 6.45) is 23.0. The van der Waals surface area contributed by atoms with Crippen molar-refractivity contribution in [2.45, 2.75) is 193 Å². The van der Waals surface area contributed by atoms with Gasteiger partial charge in [0.05, 0.1) is 0 Å². The standard InChI is InChI=1S/C37H79NO6Si2/c1-11-12-13-14-15-16-17-18-19-20-21-22-23-24-25-26-27-29-38(30-28-31-45(41-8,42-9)43-10)32-36(37(39)40)44-46(33(2)3,34(4)5)35(6)7/h33-36H,11-32H2,1-10H3,(H,39,40). The van der Waals surface area contributed by atoms with Crippen LogP contribution in [0.25, 0.3) is 0 Å². The van der Waals surface area contributed by atoms with Crippen LogP contribution in [0.1, 0.15) is 164 Å². The van der Waals surface area contributed by atoms with Gasteiger partial charge in [0.15, 0.2) is 6.10 Å². The van der Waals surface area contributed by atoms with E-state index in [2.05, 4.69) is 53.4 Å². The van der Waals surface area contributed by atoms with E-state index in [-0.39, 0.29) is 0 Å². The number of rotatable bonds is 33. The Morgan fingerprint density at radius 2 is 0.935 bits per heavy atom. The quantitative estimate of drug-likeness (QED) is 0.0543. The van der Waals surface area contributed by atoms with Crippen molar-refractivity contribution in [3.8, 4) is 0 Å². The minimum Gasteiger partial charge on any atom is -0.479 e. The fraction of sp³-hybridized carbons (Fsp3) is 0.973. The first-order valence-electron chi connectivity index (χ1n) is 19.2. The van der Waals surface area contributed by atoms with Crippen LogP contribution in [0.3, 0.4) is 0 Å². The number of carboxylic acids is 1. The second kappa shape index (κ2) is 27.5. The Labute approximate surface area is 288 Å². The van der Waals surface area contributed by atoms with Gasteiger partial charge in [-0.3, -0.25) is 0 Å². The van der Waals surface area contributed by atoms with Gasteiger partial charge in [-0.05, 0) is 42.6 Å². The topological polar surface area (TPSA) is 77.5 Å². The molecule has 0 aromatic heterocycles. The van der Waals surface area contributed by atoms with Crippen molar-refractivity contribution >= 4 is 23.1 Å². The van der Waals surface area contributed by atoms with Crippen molar-refractivity contribution < 1.29 is 27.6 Å². The summed E-state index contributed by atoms with van der Waals surface area (Å²) in [6.45, 7) is 17.6. The number of aliphatic carboxylic acids is 1.